The van der Waals surface area contributed by atoms with Crippen molar-refractivity contribution in [3.63, 3.8) is 0 Å². The summed E-state index contributed by atoms with van der Waals surface area (Å²) in [5.74, 6) is 0.534. The number of rotatable bonds is 9. The second-order valence-corrected chi connectivity index (χ2v) is 6.65. The van der Waals surface area contributed by atoms with Crippen LogP contribution in [0.1, 0.15) is 45.7 Å². The first-order chi connectivity index (χ1) is 10.5. The summed E-state index contributed by atoms with van der Waals surface area (Å²) in [4.78, 5) is 16.4. The number of hydrogen-bond acceptors (Lipinski definition) is 3. The highest BCUT2D eigenvalue weighted by Crippen LogP contribution is 2.22. The van der Waals surface area contributed by atoms with E-state index in [1.807, 2.05) is 7.05 Å². The van der Waals surface area contributed by atoms with Gasteiger partial charge in [-0.2, -0.15) is 11.3 Å². The molecule has 0 aliphatic rings. The summed E-state index contributed by atoms with van der Waals surface area (Å²) in [6, 6.07) is 2.43. The zero-order valence-electron chi connectivity index (χ0n) is 14.6. The molecule has 0 aromatic carbocycles. The lowest BCUT2D eigenvalue weighted by atomic mass is 10.1. The van der Waals surface area contributed by atoms with Crippen LogP contribution in [0.25, 0.3) is 0 Å². The van der Waals surface area contributed by atoms with Crippen LogP contribution in [-0.4, -0.2) is 49.1 Å². The summed E-state index contributed by atoms with van der Waals surface area (Å²) in [5, 5.41) is 7.38. The fourth-order valence-corrected chi connectivity index (χ4v) is 3.29. The number of nitrogens with zero attached hydrogens (tertiary/aromatic N) is 2. The van der Waals surface area contributed by atoms with Crippen LogP contribution in [0.4, 0.5) is 4.79 Å². The van der Waals surface area contributed by atoms with Crippen molar-refractivity contribution in [2.24, 2.45) is 5.92 Å². The second-order valence-electron chi connectivity index (χ2n) is 5.87. The van der Waals surface area contributed by atoms with Crippen LogP contribution < -0.4 is 5.32 Å². The minimum Gasteiger partial charge on any atom is -0.336 e. The van der Waals surface area contributed by atoms with Gasteiger partial charge >= 0.3 is 6.03 Å². The molecule has 0 radical (unpaired) electrons. The van der Waals surface area contributed by atoms with Gasteiger partial charge in [0.25, 0.3) is 0 Å². The number of likely N-dealkylation sites (N-methyl/N-ethyl adjacent to an activating group) is 1. The Morgan fingerprint density at radius 1 is 1.32 bits per heavy atom. The molecule has 0 fully saturated rings. The van der Waals surface area contributed by atoms with E-state index in [-0.39, 0.29) is 12.1 Å². The van der Waals surface area contributed by atoms with Crippen LogP contribution in [0.3, 0.4) is 0 Å². The van der Waals surface area contributed by atoms with Crippen molar-refractivity contribution in [2.75, 3.05) is 33.2 Å². The summed E-state index contributed by atoms with van der Waals surface area (Å²) < 4.78 is 0. The van der Waals surface area contributed by atoms with Crippen molar-refractivity contribution in [1.82, 2.24) is 15.1 Å². The van der Waals surface area contributed by atoms with Gasteiger partial charge in [-0.1, -0.05) is 34.1 Å². The van der Waals surface area contributed by atoms with Crippen LogP contribution in [0.2, 0.25) is 0 Å². The maximum absolute atomic E-state index is 12.3. The number of amides is 2. The van der Waals surface area contributed by atoms with Crippen molar-refractivity contribution in [1.29, 1.82) is 0 Å². The van der Waals surface area contributed by atoms with Crippen molar-refractivity contribution < 1.29 is 4.79 Å². The van der Waals surface area contributed by atoms with E-state index in [2.05, 4.69) is 54.7 Å². The first kappa shape index (κ1) is 19.0. The van der Waals surface area contributed by atoms with Crippen LogP contribution in [0.5, 0.6) is 0 Å². The van der Waals surface area contributed by atoms with Crippen molar-refractivity contribution in [2.45, 2.75) is 40.2 Å². The molecule has 4 nitrogen and oxygen atoms in total. The molecule has 5 heteroatoms. The zero-order chi connectivity index (χ0) is 16.5. The van der Waals surface area contributed by atoms with Gasteiger partial charge in [0.15, 0.2) is 0 Å². The molecule has 0 saturated carbocycles. The minimum atomic E-state index is 0.0210. The quantitative estimate of drug-likeness (QED) is 0.749. The first-order valence-corrected chi connectivity index (χ1v) is 9.22. The van der Waals surface area contributed by atoms with Gasteiger partial charge in [-0.3, -0.25) is 4.90 Å². The smallest absolute Gasteiger partial charge is 0.317 e. The molecule has 22 heavy (non-hydrogen) atoms. The molecule has 0 aliphatic heterocycles. The molecular weight excluding hydrogens is 294 g/mol. The molecule has 1 rings (SSSR count). The minimum absolute atomic E-state index is 0.0210. The Labute approximate surface area is 139 Å². The Bertz CT molecular complexity index is 418. The molecule has 1 heterocycles. The molecule has 0 bridgehead atoms. The van der Waals surface area contributed by atoms with Gasteiger partial charge in [0.1, 0.15) is 0 Å². The van der Waals surface area contributed by atoms with Crippen molar-refractivity contribution in [3.8, 4) is 0 Å². The van der Waals surface area contributed by atoms with Crippen LogP contribution in [0.15, 0.2) is 16.8 Å². The van der Waals surface area contributed by atoms with E-state index in [4.69, 9.17) is 0 Å². The van der Waals surface area contributed by atoms with Gasteiger partial charge in [0.05, 0.1) is 6.04 Å². The van der Waals surface area contributed by atoms with Crippen LogP contribution in [-0.2, 0) is 0 Å². The Kier molecular flexibility index (Phi) is 8.49. The highest BCUT2D eigenvalue weighted by atomic mass is 32.1. The molecule has 1 aromatic rings. The lowest BCUT2D eigenvalue weighted by Crippen LogP contribution is -2.44. The maximum Gasteiger partial charge on any atom is 0.317 e. The topological polar surface area (TPSA) is 35.6 Å². The average Bonchev–Trinajstić information content (AvgIpc) is 3.04. The van der Waals surface area contributed by atoms with Gasteiger partial charge in [0.2, 0.25) is 0 Å². The SMILES string of the molecule is CCC(C)CN(C)C(=O)NCC(c1ccsc1)N(CC)CC. The predicted octanol–water partition coefficient (Wildman–Crippen LogP) is 3.82. The third-order valence-electron chi connectivity index (χ3n) is 4.26. The third-order valence-corrected chi connectivity index (χ3v) is 4.96. The van der Waals surface area contributed by atoms with Crippen molar-refractivity contribution >= 4 is 17.4 Å². The van der Waals surface area contributed by atoms with E-state index < -0.39 is 0 Å². The molecule has 1 aromatic heterocycles. The maximum atomic E-state index is 12.3. The van der Waals surface area contributed by atoms with Crippen molar-refractivity contribution in [3.05, 3.63) is 22.4 Å². The molecule has 126 valence electrons. The Morgan fingerprint density at radius 2 is 2.00 bits per heavy atom. The number of urea groups is 1. The van der Waals surface area contributed by atoms with E-state index in [1.54, 1.807) is 16.2 Å². The zero-order valence-corrected chi connectivity index (χ0v) is 15.4. The standard InChI is InChI=1S/C17H31N3OS/c1-6-14(4)12-19(5)17(21)18-11-16(20(7-2)8-3)15-9-10-22-13-15/h9-10,13-14,16H,6-8,11-12H2,1-5H3,(H,18,21). The van der Waals surface area contributed by atoms with Crippen LogP contribution in [0, 0.1) is 5.92 Å². The number of nitrogens with one attached hydrogen (secondary N) is 1. The summed E-state index contributed by atoms with van der Waals surface area (Å²) in [6.07, 6.45) is 1.09. The Hall–Kier alpha value is -1.07. The lowest BCUT2D eigenvalue weighted by Gasteiger charge is -2.30. The molecule has 0 spiro atoms. The predicted molar refractivity (Wildman–Crippen MR) is 95.5 cm³/mol. The normalized spacial score (nSPS) is 13.9. The monoisotopic (exact) mass is 325 g/mol. The molecule has 0 saturated heterocycles. The van der Waals surface area contributed by atoms with Gasteiger partial charge in [-0.15, -0.1) is 0 Å². The van der Waals surface area contributed by atoms with Gasteiger partial charge in [-0.05, 0) is 41.4 Å². The fourth-order valence-electron chi connectivity index (χ4n) is 2.59. The number of carbonyl (C=O) groups is 1. The molecule has 2 atom stereocenters. The van der Waals surface area contributed by atoms with Gasteiger partial charge in [0, 0.05) is 20.1 Å². The first-order valence-electron chi connectivity index (χ1n) is 8.28. The summed E-state index contributed by atoms with van der Waals surface area (Å²) >= 11 is 1.71. The highest BCUT2D eigenvalue weighted by molar-refractivity contribution is 7.07. The Balaban J connectivity index is 2.62. The van der Waals surface area contributed by atoms with E-state index in [1.165, 1.54) is 5.56 Å². The van der Waals surface area contributed by atoms with E-state index in [0.717, 1.165) is 26.1 Å². The number of carbonyl (C=O) groups excluding carboxylic acids is 1. The fraction of sp³-hybridized carbons (Fsp3) is 0.706. The third kappa shape index (κ3) is 5.61. The largest absolute Gasteiger partial charge is 0.336 e. The van der Waals surface area contributed by atoms with E-state index >= 15 is 0 Å². The molecule has 0 aliphatic carbocycles. The summed E-state index contributed by atoms with van der Waals surface area (Å²) in [6.45, 7) is 12.1. The molecule has 2 unspecified atom stereocenters. The summed E-state index contributed by atoms with van der Waals surface area (Å²) in [7, 11) is 1.87. The molecule has 2 amide bonds. The lowest BCUT2D eigenvalue weighted by molar-refractivity contribution is 0.185. The average molecular weight is 326 g/mol. The Morgan fingerprint density at radius 3 is 2.50 bits per heavy atom. The number of hydrogen-bond donors (Lipinski definition) is 1. The van der Waals surface area contributed by atoms with E-state index in [9.17, 15) is 4.79 Å². The van der Waals surface area contributed by atoms with Gasteiger partial charge in [-0.25, -0.2) is 4.79 Å². The molecule has 1 N–H and O–H groups in total. The number of thiophene rings is 1. The molecular formula is C17H31N3OS. The van der Waals surface area contributed by atoms with E-state index in [0.29, 0.717) is 12.5 Å². The summed E-state index contributed by atoms with van der Waals surface area (Å²) in [5.41, 5.74) is 1.29. The van der Waals surface area contributed by atoms with Crippen LogP contribution >= 0.6 is 11.3 Å². The highest BCUT2D eigenvalue weighted by Gasteiger charge is 2.20. The van der Waals surface area contributed by atoms with Gasteiger partial charge < -0.3 is 10.2 Å². The second kappa shape index (κ2) is 9.85.